The second-order valence-corrected chi connectivity index (χ2v) is 7.08. The molecule has 2 aromatic rings. The van der Waals surface area contributed by atoms with Crippen molar-refractivity contribution in [1.82, 2.24) is 0 Å². The van der Waals surface area contributed by atoms with Crippen LogP contribution in [0, 0.1) is 6.92 Å². The Morgan fingerprint density at radius 2 is 1.60 bits per heavy atom. The zero-order chi connectivity index (χ0) is 18.6. The van der Waals surface area contributed by atoms with Gasteiger partial charge in [0.2, 0.25) is 5.91 Å². The van der Waals surface area contributed by atoms with Crippen LogP contribution in [0.5, 0.6) is 0 Å². The third-order valence-electron chi connectivity index (χ3n) is 3.90. The molecular weight excluding hydrogens is 314 g/mol. The Bertz CT molecular complexity index is 775. The number of nitrogens with one attached hydrogen (secondary N) is 2. The van der Waals surface area contributed by atoms with Crippen molar-refractivity contribution in [2.75, 3.05) is 17.2 Å². The van der Waals surface area contributed by atoms with Crippen LogP contribution >= 0.6 is 0 Å². The fraction of sp³-hybridized carbons (Fsp3) is 0.300. The molecule has 0 aliphatic heterocycles. The summed E-state index contributed by atoms with van der Waals surface area (Å²) in [6.45, 7) is 8.17. The van der Waals surface area contributed by atoms with E-state index in [2.05, 4.69) is 31.4 Å². The molecule has 0 aromatic heterocycles. The molecular formula is C20H25N3O2. The molecule has 25 heavy (non-hydrogen) atoms. The van der Waals surface area contributed by atoms with Crippen molar-refractivity contribution >= 4 is 23.2 Å². The standard InChI is InChI=1S/C20H25N3O2/c1-13-5-10-16(17(11-13)22-18(24)12-21)23-19(25)14-6-8-15(9-7-14)20(2,3)4/h5-11H,12,21H2,1-4H3,(H,22,24)(H,23,25). The van der Waals surface area contributed by atoms with Gasteiger partial charge in [0.25, 0.3) is 5.91 Å². The van der Waals surface area contributed by atoms with Crippen LogP contribution in [0.3, 0.4) is 0 Å². The van der Waals surface area contributed by atoms with E-state index in [0.29, 0.717) is 16.9 Å². The maximum Gasteiger partial charge on any atom is 0.255 e. The van der Waals surface area contributed by atoms with Gasteiger partial charge < -0.3 is 16.4 Å². The lowest BCUT2D eigenvalue weighted by Gasteiger charge is -2.19. The third-order valence-corrected chi connectivity index (χ3v) is 3.90. The fourth-order valence-electron chi connectivity index (χ4n) is 2.39. The summed E-state index contributed by atoms with van der Waals surface area (Å²) in [5, 5.41) is 5.56. The van der Waals surface area contributed by atoms with Crippen molar-refractivity contribution in [3.63, 3.8) is 0 Å². The Morgan fingerprint density at radius 3 is 2.16 bits per heavy atom. The summed E-state index contributed by atoms with van der Waals surface area (Å²) in [7, 11) is 0. The van der Waals surface area contributed by atoms with Crippen molar-refractivity contribution in [2.24, 2.45) is 5.73 Å². The predicted molar refractivity (Wildman–Crippen MR) is 102 cm³/mol. The van der Waals surface area contributed by atoms with E-state index in [1.807, 2.05) is 37.3 Å². The lowest BCUT2D eigenvalue weighted by atomic mass is 9.87. The number of nitrogens with two attached hydrogens (primary N) is 1. The molecule has 132 valence electrons. The lowest BCUT2D eigenvalue weighted by molar-refractivity contribution is -0.114. The number of carbonyl (C=O) groups is 2. The first-order valence-electron chi connectivity index (χ1n) is 8.23. The van der Waals surface area contributed by atoms with E-state index in [0.717, 1.165) is 11.1 Å². The van der Waals surface area contributed by atoms with Gasteiger partial charge in [0.1, 0.15) is 0 Å². The average Bonchev–Trinajstić information content (AvgIpc) is 2.56. The minimum atomic E-state index is -0.310. The monoisotopic (exact) mass is 339 g/mol. The summed E-state index contributed by atoms with van der Waals surface area (Å²) in [6, 6.07) is 13.0. The number of carbonyl (C=O) groups excluding carboxylic acids is 2. The van der Waals surface area contributed by atoms with E-state index < -0.39 is 0 Å². The summed E-state index contributed by atoms with van der Waals surface area (Å²) in [5.41, 5.74) is 9.15. The molecule has 0 saturated carbocycles. The van der Waals surface area contributed by atoms with Crippen LogP contribution in [-0.4, -0.2) is 18.4 Å². The van der Waals surface area contributed by atoms with Gasteiger partial charge in [-0.25, -0.2) is 0 Å². The molecule has 2 aromatic carbocycles. The van der Waals surface area contributed by atoms with Gasteiger partial charge in [0.05, 0.1) is 17.9 Å². The normalized spacial score (nSPS) is 11.1. The second-order valence-electron chi connectivity index (χ2n) is 7.08. The largest absolute Gasteiger partial charge is 0.323 e. The van der Waals surface area contributed by atoms with Gasteiger partial charge in [-0.05, 0) is 47.7 Å². The summed E-state index contributed by atoms with van der Waals surface area (Å²) >= 11 is 0. The van der Waals surface area contributed by atoms with Gasteiger partial charge in [-0.2, -0.15) is 0 Å². The molecule has 5 nitrogen and oxygen atoms in total. The molecule has 0 spiro atoms. The topological polar surface area (TPSA) is 84.2 Å². The zero-order valence-electron chi connectivity index (χ0n) is 15.1. The van der Waals surface area contributed by atoms with Gasteiger partial charge in [0, 0.05) is 5.56 Å². The molecule has 0 atom stereocenters. The molecule has 0 radical (unpaired) electrons. The quantitative estimate of drug-likeness (QED) is 0.798. The first-order chi connectivity index (χ1) is 11.7. The van der Waals surface area contributed by atoms with E-state index in [9.17, 15) is 9.59 Å². The predicted octanol–water partition coefficient (Wildman–Crippen LogP) is 3.44. The molecule has 2 rings (SSSR count). The molecule has 0 aliphatic carbocycles. The highest BCUT2D eigenvalue weighted by molar-refractivity contribution is 6.07. The molecule has 0 bridgehead atoms. The van der Waals surface area contributed by atoms with E-state index in [1.165, 1.54) is 0 Å². The van der Waals surface area contributed by atoms with Crippen LogP contribution in [-0.2, 0) is 10.2 Å². The molecule has 4 N–H and O–H groups in total. The number of anilines is 2. The maximum absolute atomic E-state index is 12.5. The molecule has 2 amide bonds. The van der Waals surface area contributed by atoms with Gasteiger partial charge in [-0.15, -0.1) is 0 Å². The first-order valence-corrected chi connectivity index (χ1v) is 8.23. The summed E-state index contributed by atoms with van der Waals surface area (Å²) in [6.07, 6.45) is 0. The van der Waals surface area contributed by atoms with Crippen molar-refractivity contribution in [1.29, 1.82) is 0 Å². The Kier molecular flexibility index (Phi) is 5.59. The van der Waals surface area contributed by atoms with Crippen LogP contribution in [0.15, 0.2) is 42.5 Å². The van der Waals surface area contributed by atoms with E-state index in [4.69, 9.17) is 5.73 Å². The number of hydrogen-bond acceptors (Lipinski definition) is 3. The minimum absolute atomic E-state index is 0.0334. The molecule has 0 fully saturated rings. The van der Waals surface area contributed by atoms with Gasteiger partial charge >= 0.3 is 0 Å². The molecule has 5 heteroatoms. The number of rotatable bonds is 4. The van der Waals surface area contributed by atoms with Crippen LogP contribution in [0.4, 0.5) is 11.4 Å². The van der Waals surface area contributed by atoms with Crippen molar-refractivity contribution in [3.05, 3.63) is 59.2 Å². The Morgan fingerprint density at radius 1 is 0.960 bits per heavy atom. The minimum Gasteiger partial charge on any atom is -0.323 e. The lowest BCUT2D eigenvalue weighted by Crippen LogP contribution is -2.23. The Labute approximate surface area is 148 Å². The smallest absolute Gasteiger partial charge is 0.255 e. The molecule has 0 aliphatic rings. The van der Waals surface area contributed by atoms with Crippen LogP contribution in [0.1, 0.15) is 42.3 Å². The number of benzene rings is 2. The summed E-state index contributed by atoms with van der Waals surface area (Å²) < 4.78 is 0. The number of amides is 2. The van der Waals surface area contributed by atoms with Crippen LogP contribution in [0.2, 0.25) is 0 Å². The van der Waals surface area contributed by atoms with E-state index in [1.54, 1.807) is 12.1 Å². The van der Waals surface area contributed by atoms with E-state index >= 15 is 0 Å². The van der Waals surface area contributed by atoms with Crippen molar-refractivity contribution < 1.29 is 9.59 Å². The van der Waals surface area contributed by atoms with Crippen LogP contribution < -0.4 is 16.4 Å². The second kappa shape index (κ2) is 7.49. The highest BCUT2D eigenvalue weighted by Gasteiger charge is 2.15. The Hall–Kier alpha value is -2.66. The molecule has 0 unspecified atom stereocenters. The molecule has 0 heterocycles. The van der Waals surface area contributed by atoms with Gasteiger partial charge in [0.15, 0.2) is 0 Å². The number of aryl methyl sites for hydroxylation is 1. The highest BCUT2D eigenvalue weighted by atomic mass is 16.2. The van der Waals surface area contributed by atoms with Crippen LogP contribution in [0.25, 0.3) is 0 Å². The third kappa shape index (κ3) is 4.90. The van der Waals surface area contributed by atoms with Crippen molar-refractivity contribution in [2.45, 2.75) is 33.1 Å². The average molecular weight is 339 g/mol. The van der Waals surface area contributed by atoms with Crippen molar-refractivity contribution in [3.8, 4) is 0 Å². The highest BCUT2D eigenvalue weighted by Crippen LogP contribution is 2.25. The Balaban J connectivity index is 2.21. The molecule has 0 saturated heterocycles. The fourth-order valence-corrected chi connectivity index (χ4v) is 2.39. The van der Waals surface area contributed by atoms with Gasteiger partial charge in [-0.3, -0.25) is 9.59 Å². The number of hydrogen-bond donors (Lipinski definition) is 3. The summed E-state index contributed by atoms with van der Waals surface area (Å²) in [4.78, 5) is 24.1. The SMILES string of the molecule is Cc1ccc(NC(=O)c2ccc(C(C)(C)C)cc2)c(NC(=O)CN)c1. The summed E-state index contributed by atoms with van der Waals surface area (Å²) in [5.74, 6) is -0.539. The first kappa shape index (κ1) is 18.7. The maximum atomic E-state index is 12.5. The van der Waals surface area contributed by atoms with Gasteiger partial charge in [-0.1, -0.05) is 39.0 Å². The van der Waals surface area contributed by atoms with E-state index in [-0.39, 0.29) is 23.8 Å². The zero-order valence-corrected chi connectivity index (χ0v) is 15.1.